The maximum atomic E-state index is 9.25. The van der Waals surface area contributed by atoms with Gasteiger partial charge in [-0.05, 0) is 51.2 Å². The van der Waals surface area contributed by atoms with Gasteiger partial charge < -0.3 is 4.90 Å². The molecule has 0 radical (unpaired) electrons. The molecule has 2 rings (SSSR count). The smallest absolute Gasteiger partial charge is 0.101 e. The lowest BCUT2D eigenvalue weighted by molar-refractivity contribution is 0.642. The first-order valence-electron chi connectivity index (χ1n) is 6.40. The number of hydrogen-bond donors (Lipinski definition) is 0. The molecule has 0 heterocycles. The molecule has 0 bridgehead atoms. The monoisotopic (exact) mass is 228 g/mol. The summed E-state index contributed by atoms with van der Waals surface area (Å²) >= 11 is 0. The minimum absolute atomic E-state index is 0.448. The lowest BCUT2D eigenvalue weighted by Crippen LogP contribution is -2.34. The van der Waals surface area contributed by atoms with Crippen molar-refractivity contribution in [2.45, 2.75) is 39.7 Å². The second-order valence-corrected chi connectivity index (χ2v) is 5.27. The average molecular weight is 228 g/mol. The largest absolute Gasteiger partial charge is 0.368 e. The molecule has 0 aromatic heterocycles. The van der Waals surface area contributed by atoms with Crippen molar-refractivity contribution in [1.29, 1.82) is 5.26 Å². The minimum atomic E-state index is 0.448. The van der Waals surface area contributed by atoms with Crippen LogP contribution in [-0.4, -0.2) is 12.6 Å². The SMILES string of the molecule is Cc1cccc(C#N)c1N(CC1CC1)C(C)C. The number of aryl methyl sites for hydroxylation is 1. The van der Waals surface area contributed by atoms with Gasteiger partial charge >= 0.3 is 0 Å². The van der Waals surface area contributed by atoms with Crippen LogP contribution in [0.4, 0.5) is 5.69 Å². The third-order valence-corrected chi connectivity index (χ3v) is 3.42. The van der Waals surface area contributed by atoms with Gasteiger partial charge in [0, 0.05) is 12.6 Å². The fourth-order valence-electron chi connectivity index (χ4n) is 2.27. The Bertz CT molecular complexity index is 439. The molecule has 1 aliphatic rings. The first kappa shape index (κ1) is 12.0. The molecule has 1 saturated carbocycles. The third-order valence-electron chi connectivity index (χ3n) is 3.42. The van der Waals surface area contributed by atoms with Gasteiger partial charge in [0.1, 0.15) is 6.07 Å². The van der Waals surface area contributed by atoms with Gasteiger partial charge in [0.05, 0.1) is 11.3 Å². The zero-order valence-corrected chi connectivity index (χ0v) is 10.9. The summed E-state index contributed by atoms with van der Waals surface area (Å²) in [6.07, 6.45) is 2.69. The summed E-state index contributed by atoms with van der Waals surface area (Å²) in [6, 6.07) is 8.75. The van der Waals surface area contributed by atoms with Crippen LogP contribution in [0.5, 0.6) is 0 Å². The first-order chi connectivity index (χ1) is 8.13. The minimum Gasteiger partial charge on any atom is -0.368 e. The first-order valence-corrected chi connectivity index (χ1v) is 6.40. The Kier molecular flexibility index (Phi) is 3.38. The third kappa shape index (κ3) is 2.61. The van der Waals surface area contributed by atoms with Crippen LogP contribution in [0.15, 0.2) is 18.2 Å². The number of hydrogen-bond acceptors (Lipinski definition) is 2. The van der Waals surface area contributed by atoms with Gasteiger partial charge in [0.2, 0.25) is 0 Å². The summed E-state index contributed by atoms with van der Waals surface area (Å²) in [6.45, 7) is 7.60. The predicted molar refractivity (Wildman–Crippen MR) is 71.1 cm³/mol. The molecule has 1 fully saturated rings. The predicted octanol–water partition coefficient (Wildman–Crippen LogP) is 3.49. The van der Waals surface area contributed by atoms with Crippen molar-refractivity contribution in [3.63, 3.8) is 0 Å². The average Bonchev–Trinajstić information content (AvgIpc) is 3.09. The lowest BCUT2D eigenvalue weighted by atomic mass is 10.1. The fraction of sp³-hybridized carbons (Fsp3) is 0.533. The zero-order chi connectivity index (χ0) is 12.4. The van der Waals surface area contributed by atoms with Gasteiger partial charge in [-0.2, -0.15) is 5.26 Å². The second kappa shape index (κ2) is 4.79. The van der Waals surface area contributed by atoms with Gasteiger partial charge in [-0.15, -0.1) is 0 Å². The van der Waals surface area contributed by atoms with Gasteiger partial charge in [-0.3, -0.25) is 0 Å². The van der Waals surface area contributed by atoms with Crippen molar-refractivity contribution in [2.75, 3.05) is 11.4 Å². The molecular weight excluding hydrogens is 208 g/mol. The Labute approximate surface area is 104 Å². The Morgan fingerprint density at radius 1 is 1.41 bits per heavy atom. The van der Waals surface area contributed by atoms with E-state index in [4.69, 9.17) is 0 Å². The summed E-state index contributed by atoms with van der Waals surface area (Å²) in [7, 11) is 0. The number of nitriles is 1. The highest BCUT2D eigenvalue weighted by atomic mass is 15.2. The van der Waals surface area contributed by atoms with Crippen molar-refractivity contribution < 1.29 is 0 Å². The molecule has 0 spiro atoms. The maximum Gasteiger partial charge on any atom is 0.101 e. The molecule has 2 nitrogen and oxygen atoms in total. The van der Waals surface area contributed by atoms with Crippen LogP contribution in [-0.2, 0) is 0 Å². The van der Waals surface area contributed by atoms with E-state index in [0.29, 0.717) is 6.04 Å². The molecule has 1 aromatic carbocycles. The van der Waals surface area contributed by atoms with E-state index in [9.17, 15) is 5.26 Å². The van der Waals surface area contributed by atoms with Crippen LogP contribution in [0, 0.1) is 24.2 Å². The highest BCUT2D eigenvalue weighted by Gasteiger charge is 2.27. The molecule has 17 heavy (non-hydrogen) atoms. The quantitative estimate of drug-likeness (QED) is 0.788. The highest BCUT2D eigenvalue weighted by Crippen LogP contribution is 2.34. The van der Waals surface area contributed by atoms with Crippen molar-refractivity contribution in [2.24, 2.45) is 5.92 Å². The van der Waals surface area contributed by atoms with Crippen molar-refractivity contribution in [1.82, 2.24) is 0 Å². The second-order valence-electron chi connectivity index (χ2n) is 5.27. The van der Waals surface area contributed by atoms with Crippen LogP contribution >= 0.6 is 0 Å². The molecule has 2 heteroatoms. The van der Waals surface area contributed by atoms with Gasteiger partial charge in [0.15, 0.2) is 0 Å². The molecular formula is C15H20N2. The van der Waals surface area contributed by atoms with E-state index in [1.165, 1.54) is 18.4 Å². The molecule has 0 N–H and O–H groups in total. The molecule has 90 valence electrons. The van der Waals surface area contributed by atoms with Crippen molar-refractivity contribution in [3.8, 4) is 6.07 Å². The summed E-state index contributed by atoms with van der Waals surface area (Å²) in [4.78, 5) is 2.39. The molecule has 1 aromatic rings. The fourth-order valence-corrected chi connectivity index (χ4v) is 2.27. The molecule has 0 saturated heterocycles. The summed E-state index contributed by atoms with van der Waals surface area (Å²) < 4.78 is 0. The standard InChI is InChI=1S/C15H20N2/c1-11(2)17(10-13-7-8-13)15-12(3)5-4-6-14(15)9-16/h4-6,11,13H,7-8,10H2,1-3H3. The van der Waals surface area contributed by atoms with Crippen molar-refractivity contribution >= 4 is 5.69 Å². The summed E-state index contributed by atoms with van der Waals surface area (Å²) in [5, 5.41) is 9.25. The number of anilines is 1. The number of rotatable bonds is 4. The van der Waals surface area contributed by atoms with E-state index in [2.05, 4.69) is 37.8 Å². The van der Waals surface area contributed by atoms with E-state index in [1.54, 1.807) is 0 Å². The zero-order valence-electron chi connectivity index (χ0n) is 10.9. The van der Waals surface area contributed by atoms with Gasteiger partial charge in [0.25, 0.3) is 0 Å². The Balaban J connectivity index is 2.37. The highest BCUT2D eigenvalue weighted by molar-refractivity contribution is 5.64. The van der Waals surface area contributed by atoms with Gasteiger partial charge in [-0.1, -0.05) is 12.1 Å². The van der Waals surface area contributed by atoms with Crippen LogP contribution in [0.3, 0.4) is 0 Å². The number of nitrogens with zero attached hydrogens (tertiary/aromatic N) is 2. The van der Waals surface area contributed by atoms with E-state index < -0.39 is 0 Å². The Morgan fingerprint density at radius 2 is 2.12 bits per heavy atom. The molecule has 0 unspecified atom stereocenters. The van der Waals surface area contributed by atoms with Gasteiger partial charge in [-0.25, -0.2) is 0 Å². The molecule has 0 amide bonds. The number of benzene rings is 1. The van der Waals surface area contributed by atoms with E-state index in [1.807, 2.05) is 12.1 Å². The van der Waals surface area contributed by atoms with E-state index >= 15 is 0 Å². The van der Waals surface area contributed by atoms with Crippen LogP contribution < -0.4 is 4.90 Å². The Morgan fingerprint density at radius 3 is 2.65 bits per heavy atom. The van der Waals surface area contributed by atoms with Crippen LogP contribution in [0.2, 0.25) is 0 Å². The normalized spacial score (nSPS) is 14.8. The lowest BCUT2D eigenvalue weighted by Gasteiger charge is -2.31. The Hall–Kier alpha value is -1.49. The van der Waals surface area contributed by atoms with Crippen LogP contribution in [0.25, 0.3) is 0 Å². The molecule has 1 aliphatic carbocycles. The number of para-hydroxylation sites is 1. The van der Waals surface area contributed by atoms with E-state index in [0.717, 1.165) is 23.7 Å². The molecule has 0 aliphatic heterocycles. The van der Waals surface area contributed by atoms with Crippen LogP contribution in [0.1, 0.15) is 37.8 Å². The van der Waals surface area contributed by atoms with E-state index in [-0.39, 0.29) is 0 Å². The summed E-state index contributed by atoms with van der Waals surface area (Å²) in [5.41, 5.74) is 3.15. The topological polar surface area (TPSA) is 27.0 Å². The summed E-state index contributed by atoms with van der Waals surface area (Å²) in [5.74, 6) is 0.837. The molecule has 0 atom stereocenters. The maximum absolute atomic E-state index is 9.25. The van der Waals surface area contributed by atoms with Crippen molar-refractivity contribution in [3.05, 3.63) is 29.3 Å².